The number of amides is 1. The van der Waals surface area contributed by atoms with Gasteiger partial charge in [-0.2, -0.15) is 5.10 Å². The lowest BCUT2D eigenvalue weighted by Gasteiger charge is -2.27. The molecule has 1 aliphatic heterocycles. The topological polar surface area (TPSA) is 78.1 Å². The van der Waals surface area contributed by atoms with E-state index in [0.717, 1.165) is 6.07 Å². The molecular weight excluding hydrogens is 366 g/mol. The lowest BCUT2D eigenvalue weighted by atomic mass is 9.90. The van der Waals surface area contributed by atoms with Gasteiger partial charge in [0, 0.05) is 12.6 Å². The Kier molecular flexibility index (Phi) is 4.70. The summed E-state index contributed by atoms with van der Waals surface area (Å²) in [6, 6.07) is 2.83. The molecule has 0 spiro atoms. The van der Waals surface area contributed by atoms with Crippen molar-refractivity contribution < 1.29 is 13.6 Å². The SMILES string of the molecule is CC1(C)CC(C(=O)Nc2cn[nH]c(=O)c2)N(c2ccc(F)c(Cl)c2F)C1. The van der Waals surface area contributed by atoms with E-state index in [1.807, 2.05) is 13.8 Å². The summed E-state index contributed by atoms with van der Waals surface area (Å²) in [5.41, 5.74) is -0.434. The van der Waals surface area contributed by atoms with E-state index < -0.39 is 34.2 Å². The number of benzene rings is 1. The fraction of sp³-hybridized carbons (Fsp3) is 0.353. The molecule has 0 radical (unpaired) electrons. The van der Waals surface area contributed by atoms with Gasteiger partial charge in [-0.3, -0.25) is 9.59 Å². The first kappa shape index (κ1) is 18.3. The summed E-state index contributed by atoms with van der Waals surface area (Å²) < 4.78 is 28.0. The molecule has 1 aliphatic rings. The standard InChI is InChI=1S/C17H17ClF2N4O2/c1-17(2)6-12(16(26)22-9-5-13(25)23-21-7-9)24(8-17)11-4-3-10(19)14(18)15(11)20/h3-5,7,12H,6,8H2,1-2H3,(H2,22,23,25,26). The van der Waals surface area contributed by atoms with Gasteiger partial charge in [0.2, 0.25) is 5.91 Å². The minimum Gasteiger partial charge on any atom is -0.357 e. The number of rotatable bonds is 3. The number of nitrogens with zero attached hydrogens (tertiary/aromatic N) is 2. The first-order chi connectivity index (χ1) is 12.2. The van der Waals surface area contributed by atoms with Crippen LogP contribution in [0, 0.1) is 17.0 Å². The third-order valence-electron chi connectivity index (χ3n) is 4.28. The number of anilines is 2. The van der Waals surface area contributed by atoms with Crippen LogP contribution in [0.15, 0.2) is 29.2 Å². The van der Waals surface area contributed by atoms with Crippen LogP contribution in [0.3, 0.4) is 0 Å². The molecule has 2 heterocycles. The van der Waals surface area contributed by atoms with Crippen molar-refractivity contribution in [3.05, 3.63) is 51.4 Å². The highest BCUT2D eigenvalue weighted by Gasteiger charge is 2.42. The maximum Gasteiger partial charge on any atom is 0.266 e. The molecule has 9 heteroatoms. The van der Waals surface area contributed by atoms with Crippen LogP contribution in [-0.4, -0.2) is 28.7 Å². The molecule has 0 aliphatic carbocycles. The summed E-state index contributed by atoms with van der Waals surface area (Å²) in [6.45, 7) is 4.29. The van der Waals surface area contributed by atoms with Gasteiger partial charge in [0.15, 0.2) is 5.82 Å². The third kappa shape index (κ3) is 3.55. The highest BCUT2D eigenvalue weighted by molar-refractivity contribution is 6.31. The van der Waals surface area contributed by atoms with Crippen molar-refractivity contribution in [2.24, 2.45) is 5.41 Å². The molecule has 2 N–H and O–H groups in total. The molecule has 1 amide bonds. The second kappa shape index (κ2) is 6.68. The third-order valence-corrected chi connectivity index (χ3v) is 4.63. The largest absolute Gasteiger partial charge is 0.357 e. The van der Waals surface area contributed by atoms with Gasteiger partial charge in [-0.25, -0.2) is 13.9 Å². The number of carbonyl (C=O) groups excluding carboxylic acids is 1. The molecule has 26 heavy (non-hydrogen) atoms. The quantitative estimate of drug-likeness (QED) is 0.800. The summed E-state index contributed by atoms with van der Waals surface area (Å²) >= 11 is 5.68. The zero-order valence-corrected chi connectivity index (χ0v) is 14.9. The van der Waals surface area contributed by atoms with Crippen molar-refractivity contribution in [1.29, 1.82) is 0 Å². The highest BCUT2D eigenvalue weighted by atomic mass is 35.5. The summed E-state index contributed by atoms with van der Waals surface area (Å²) in [5.74, 6) is -2.18. The average Bonchev–Trinajstić information content (AvgIpc) is 2.88. The molecule has 1 aromatic carbocycles. The average molecular weight is 383 g/mol. The molecule has 1 atom stereocenters. The second-order valence-electron chi connectivity index (χ2n) is 7.03. The number of aromatic nitrogens is 2. The Morgan fingerprint density at radius 2 is 2.15 bits per heavy atom. The van der Waals surface area contributed by atoms with E-state index in [9.17, 15) is 18.4 Å². The summed E-state index contributed by atoms with van der Waals surface area (Å²) in [5, 5.41) is 7.84. The van der Waals surface area contributed by atoms with Crippen LogP contribution in [0.1, 0.15) is 20.3 Å². The van der Waals surface area contributed by atoms with Gasteiger partial charge in [0.05, 0.1) is 17.6 Å². The number of hydrogen-bond acceptors (Lipinski definition) is 4. The molecule has 6 nitrogen and oxygen atoms in total. The maximum atomic E-state index is 14.5. The number of aromatic amines is 1. The van der Waals surface area contributed by atoms with Crippen molar-refractivity contribution in [2.45, 2.75) is 26.3 Å². The van der Waals surface area contributed by atoms with E-state index in [-0.39, 0.29) is 16.8 Å². The van der Waals surface area contributed by atoms with Gasteiger partial charge in [-0.15, -0.1) is 0 Å². The Morgan fingerprint density at radius 3 is 2.85 bits per heavy atom. The van der Waals surface area contributed by atoms with E-state index >= 15 is 0 Å². The molecule has 0 bridgehead atoms. The van der Waals surface area contributed by atoms with Crippen molar-refractivity contribution in [3.63, 3.8) is 0 Å². The number of carbonyl (C=O) groups is 1. The molecule has 3 rings (SSSR count). The minimum atomic E-state index is -0.903. The van der Waals surface area contributed by atoms with Crippen molar-refractivity contribution in [2.75, 3.05) is 16.8 Å². The number of H-pyrrole nitrogens is 1. The number of hydrogen-bond donors (Lipinski definition) is 2. The minimum absolute atomic E-state index is 0.0613. The Bertz CT molecular complexity index is 916. The molecule has 1 unspecified atom stereocenters. The molecule has 1 aromatic heterocycles. The van der Waals surface area contributed by atoms with Crippen LogP contribution < -0.4 is 15.8 Å². The van der Waals surface area contributed by atoms with E-state index in [2.05, 4.69) is 15.5 Å². The highest BCUT2D eigenvalue weighted by Crippen LogP contribution is 2.40. The predicted molar refractivity (Wildman–Crippen MR) is 94.4 cm³/mol. The van der Waals surface area contributed by atoms with Crippen molar-refractivity contribution >= 4 is 28.9 Å². The Labute approximate surface area is 153 Å². The zero-order valence-electron chi connectivity index (χ0n) is 14.1. The van der Waals surface area contributed by atoms with Gasteiger partial charge in [0.1, 0.15) is 16.9 Å². The Balaban J connectivity index is 1.92. The summed E-state index contributed by atoms with van der Waals surface area (Å²) in [6.07, 6.45) is 1.75. The monoisotopic (exact) mass is 382 g/mol. The van der Waals surface area contributed by atoms with Crippen molar-refractivity contribution in [1.82, 2.24) is 10.2 Å². The molecule has 0 saturated carbocycles. The van der Waals surface area contributed by atoms with Gasteiger partial charge >= 0.3 is 0 Å². The second-order valence-corrected chi connectivity index (χ2v) is 7.41. The van der Waals surface area contributed by atoms with E-state index in [0.29, 0.717) is 13.0 Å². The first-order valence-electron chi connectivity index (χ1n) is 7.94. The Morgan fingerprint density at radius 1 is 1.42 bits per heavy atom. The predicted octanol–water partition coefficient (Wildman–Crippen LogP) is 2.95. The molecule has 2 aromatic rings. The van der Waals surface area contributed by atoms with E-state index in [1.165, 1.54) is 18.3 Å². The van der Waals surface area contributed by atoms with Crippen LogP contribution in [0.25, 0.3) is 0 Å². The molecule has 1 fully saturated rings. The van der Waals surface area contributed by atoms with Crippen LogP contribution in [0.2, 0.25) is 5.02 Å². The first-order valence-corrected chi connectivity index (χ1v) is 8.31. The number of nitrogens with one attached hydrogen (secondary N) is 2. The number of halogens is 3. The Hall–Kier alpha value is -2.48. The summed E-state index contributed by atoms with van der Waals surface area (Å²) in [4.78, 5) is 25.6. The molecular formula is C17H17ClF2N4O2. The van der Waals surface area contributed by atoms with E-state index in [1.54, 1.807) is 4.90 Å². The van der Waals surface area contributed by atoms with Crippen LogP contribution in [-0.2, 0) is 4.79 Å². The van der Waals surface area contributed by atoms with Crippen LogP contribution in [0.5, 0.6) is 0 Å². The van der Waals surface area contributed by atoms with Crippen LogP contribution >= 0.6 is 11.6 Å². The molecule has 1 saturated heterocycles. The van der Waals surface area contributed by atoms with Crippen molar-refractivity contribution in [3.8, 4) is 0 Å². The van der Waals surface area contributed by atoms with Gasteiger partial charge in [-0.1, -0.05) is 25.4 Å². The fourth-order valence-corrected chi connectivity index (χ4v) is 3.32. The fourth-order valence-electron chi connectivity index (χ4n) is 3.16. The summed E-state index contributed by atoms with van der Waals surface area (Å²) in [7, 11) is 0. The lowest BCUT2D eigenvalue weighted by molar-refractivity contribution is -0.117. The van der Waals surface area contributed by atoms with Gasteiger partial charge in [0.25, 0.3) is 5.56 Å². The van der Waals surface area contributed by atoms with Gasteiger partial charge < -0.3 is 10.2 Å². The smallest absolute Gasteiger partial charge is 0.266 e. The lowest BCUT2D eigenvalue weighted by Crippen LogP contribution is -2.40. The van der Waals surface area contributed by atoms with Gasteiger partial charge in [-0.05, 0) is 24.0 Å². The molecule has 138 valence electrons. The van der Waals surface area contributed by atoms with Crippen LogP contribution in [0.4, 0.5) is 20.2 Å². The maximum absolute atomic E-state index is 14.5. The normalized spacial score (nSPS) is 18.8. The van der Waals surface area contributed by atoms with E-state index in [4.69, 9.17) is 11.6 Å². The zero-order chi connectivity index (χ0) is 19.1.